The fourth-order valence-corrected chi connectivity index (χ4v) is 4.91. The van der Waals surface area contributed by atoms with Crippen molar-refractivity contribution in [3.05, 3.63) is 57.7 Å². The van der Waals surface area contributed by atoms with E-state index in [2.05, 4.69) is 15.8 Å². The van der Waals surface area contributed by atoms with Crippen molar-refractivity contribution < 1.29 is 28.7 Å². The van der Waals surface area contributed by atoms with Crippen LogP contribution in [0.1, 0.15) is 12.0 Å². The Morgan fingerprint density at radius 3 is 2.71 bits per heavy atom. The molecule has 3 aromatic rings. The first-order valence-electron chi connectivity index (χ1n) is 10.1. The number of nitrogens with one attached hydrogen (secondary N) is 2. The number of aromatic nitrogens is 1. The number of nitrogens with zero attached hydrogens (tertiary/aromatic N) is 2. The van der Waals surface area contributed by atoms with Gasteiger partial charge in [-0.15, -0.1) is 0 Å². The van der Waals surface area contributed by atoms with Crippen molar-refractivity contribution in [3.8, 4) is 11.5 Å². The molecule has 1 aromatic heterocycles. The number of esters is 1. The third-order valence-corrected chi connectivity index (χ3v) is 6.75. The number of rotatable bonds is 8. The van der Waals surface area contributed by atoms with Gasteiger partial charge in [0.05, 0.1) is 30.0 Å². The molecule has 0 saturated carbocycles. The highest BCUT2D eigenvalue weighted by Gasteiger charge is 2.34. The maximum Gasteiger partial charge on any atom is 0.312 e. The van der Waals surface area contributed by atoms with Gasteiger partial charge in [0.15, 0.2) is 11.5 Å². The van der Waals surface area contributed by atoms with Crippen LogP contribution in [0.25, 0.3) is 10.2 Å². The van der Waals surface area contributed by atoms with E-state index in [9.17, 15) is 24.0 Å². The Morgan fingerprint density at radius 2 is 1.97 bits per heavy atom. The van der Waals surface area contributed by atoms with Gasteiger partial charge in [0.2, 0.25) is 5.91 Å². The lowest BCUT2D eigenvalue weighted by Crippen LogP contribution is -2.27. The number of carbonyl (C=O) groups excluding carboxylic acids is 4. The number of thiazole rings is 1. The second-order valence-electron chi connectivity index (χ2n) is 7.19. The van der Waals surface area contributed by atoms with Crippen LogP contribution in [-0.2, 0) is 20.9 Å². The highest BCUT2D eigenvalue weighted by molar-refractivity contribution is 8.15. The Bertz CT molecular complexity index is 1410. The van der Waals surface area contributed by atoms with E-state index < -0.39 is 28.3 Å². The summed E-state index contributed by atoms with van der Waals surface area (Å²) in [5.41, 5.74) is 3.59. The quantitative estimate of drug-likeness (QED) is 0.201. The zero-order chi connectivity index (χ0) is 24.9. The molecule has 4 rings (SSSR count). The molecule has 180 valence electrons. The Labute approximate surface area is 206 Å². The van der Waals surface area contributed by atoms with Gasteiger partial charge >= 0.3 is 10.8 Å². The first kappa shape index (κ1) is 24.2. The minimum atomic E-state index is -0.834. The van der Waals surface area contributed by atoms with E-state index in [1.165, 1.54) is 30.0 Å². The molecule has 0 aliphatic carbocycles. The van der Waals surface area contributed by atoms with Gasteiger partial charge in [0.1, 0.15) is 11.8 Å². The number of ether oxygens (including phenoxy) is 2. The summed E-state index contributed by atoms with van der Waals surface area (Å²) in [6, 6.07) is 11.8. The van der Waals surface area contributed by atoms with Crippen LogP contribution >= 0.6 is 23.1 Å². The van der Waals surface area contributed by atoms with Crippen LogP contribution in [0, 0.1) is 0 Å². The van der Waals surface area contributed by atoms with Gasteiger partial charge in [-0.1, -0.05) is 35.2 Å². The molecule has 0 spiro atoms. The van der Waals surface area contributed by atoms with Crippen molar-refractivity contribution in [1.29, 1.82) is 0 Å². The zero-order valence-electron chi connectivity index (χ0n) is 18.2. The van der Waals surface area contributed by atoms with E-state index >= 15 is 0 Å². The first-order chi connectivity index (χ1) is 16.8. The number of hydrazone groups is 1. The molecule has 1 saturated heterocycles. The van der Waals surface area contributed by atoms with Crippen LogP contribution in [0.3, 0.4) is 0 Å². The van der Waals surface area contributed by atoms with Crippen molar-refractivity contribution in [1.82, 2.24) is 15.3 Å². The van der Waals surface area contributed by atoms with E-state index in [1.807, 2.05) is 12.1 Å². The van der Waals surface area contributed by atoms with Gasteiger partial charge in [-0.25, -0.2) is 5.43 Å². The summed E-state index contributed by atoms with van der Waals surface area (Å²) in [6.45, 7) is -0.179. The van der Waals surface area contributed by atoms with E-state index in [0.717, 1.165) is 27.8 Å². The summed E-state index contributed by atoms with van der Waals surface area (Å²) in [6.07, 6.45) is 1.09. The lowest BCUT2D eigenvalue weighted by molar-refractivity contribution is -0.136. The fraction of sp³-hybridized carbons (Fsp3) is 0.182. The summed E-state index contributed by atoms with van der Waals surface area (Å²) in [4.78, 5) is 59.2. The lowest BCUT2D eigenvalue weighted by atomic mass is 10.2. The molecule has 1 atom stereocenters. The predicted octanol–water partition coefficient (Wildman–Crippen LogP) is 1.87. The molecule has 1 fully saturated rings. The number of methoxy groups -OCH3 is 1. The number of thioether (sulfide) groups is 1. The highest BCUT2D eigenvalue weighted by atomic mass is 32.2. The van der Waals surface area contributed by atoms with Crippen molar-refractivity contribution in [3.63, 3.8) is 0 Å². The largest absolute Gasteiger partial charge is 0.493 e. The third kappa shape index (κ3) is 5.75. The van der Waals surface area contributed by atoms with Crippen LogP contribution in [0.15, 0.2) is 52.4 Å². The minimum absolute atomic E-state index is 0.122. The molecule has 13 heteroatoms. The molecule has 2 heterocycles. The zero-order valence-corrected chi connectivity index (χ0v) is 19.8. The van der Waals surface area contributed by atoms with Crippen LogP contribution in [0.5, 0.6) is 11.5 Å². The van der Waals surface area contributed by atoms with Gasteiger partial charge in [-0.3, -0.25) is 33.9 Å². The number of amides is 3. The summed E-state index contributed by atoms with van der Waals surface area (Å²) in [7, 11) is 1.39. The van der Waals surface area contributed by atoms with Gasteiger partial charge in [0, 0.05) is 0 Å². The Morgan fingerprint density at radius 1 is 1.17 bits per heavy atom. The van der Waals surface area contributed by atoms with Gasteiger partial charge in [-0.2, -0.15) is 5.10 Å². The second-order valence-corrected chi connectivity index (χ2v) is 9.36. The maximum absolute atomic E-state index is 12.3. The Hall–Kier alpha value is -3.97. The lowest BCUT2D eigenvalue weighted by Gasteiger charge is -2.10. The van der Waals surface area contributed by atoms with E-state index in [1.54, 1.807) is 18.2 Å². The number of imide groups is 1. The van der Waals surface area contributed by atoms with Crippen LogP contribution in [-0.4, -0.2) is 46.2 Å². The van der Waals surface area contributed by atoms with E-state index in [-0.39, 0.29) is 29.3 Å². The normalized spacial score (nSPS) is 15.4. The van der Waals surface area contributed by atoms with Crippen LogP contribution < -0.4 is 25.1 Å². The predicted molar refractivity (Wildman–Crippen MR) is 130 cm³/mol. The molecule has 1 aliphatic rings. The van der Waals surface area contributed by atoms with Gasteiger partial charge in [0.25, 0.3) is 11.1 Å². The number of para-hydroxylation sites is 1. The summed E-state index contributed by atoms with van der Waals surface area (Å²) in [5, 5.41) is 4.67. The molecule has 0 bridgehead atoms. The molecule has 2 N–H and O–H groups in total. The van der Waals surface area contributed by atoms with Crippen molar-refractivity contribution in [2.24, 2.45) is 5.10 Å². The molecular weight excluding hydrogens is 496 g/mol. The molecule has 3 amide bonds. The highest BCUT2D eigenvalue weighted by Crippen LogP contribution is 2.29. The molecular formula is C22H18N4O7S2. The average molecular weight is 515 g/mol. The van der Waals surface area contributed by atoms with Crippen molar-refractivity contribution in [2.45, 2.75) is 18.2 Å². The van der Waals surface area contributed by atoms with Crippen molar-refractivity contribution in [2.75, 3.05) is 7.11 Å². The molecule has 2 aromatic carbocycles. The van der Waals surface area contributed by atoms with Crippen LogP contribution in [0.2, 0.25) is 0 Å². The summed E-state index contributed by atoms with van der Waals surface area (Å²) < 4.78 is 12.7. The maximum atomic E-state index is 12.3. The monoisotopic (exact) mass is 514 g/mol. The number of hydrogen-bond donors (Lipinski definition) is 2. The summed E-state index contributed by atoms with van der Waals surface area (Å²) >= 11 is 1.80. The molecule has 1 unspecified atom stereocenters. The van der Waals surface area contributed by atoms with E-state index in [0.29, 0.717) is 11.1 Å². The van der Waals surface area contributed by atoms with Gasteiger partial charge in [-0.05, 0) is 35.9 Å². The average Bonchev–Trinajstić information content (AvgIpc) is 3.31. The third-order valence-electron chi connectivity index (χ3n) is 4.81. The molecule has 35 heavy (non-hydrogen) atoms. The number of hydrogen-bond acceptors (Lipinski definition) is 10. The van der Waals surface area contributed by atoms with Crippen molar-refractivity contribution >= 4 is 62.6 Å². The van der Waals surface area contributed by atoms with E-state index in [4.69, 9.17) is 9.47 Å². The van der Waals surface area contributed by atoms with Gasteiger partial charge < -0.3 is 9.47 Å². The molecule has 1 aliphatic heterocycles. The Kier molecular flexibility index (Phi) is 7.27. The molecule has 0 radical (unpaired) electrons. The smallest absolute Gasteiger partial charge is 0.312 e. The molecule has 11 nitrogen and oxygen atoms in total. The number of benzene rings is 2. The first-order valence-corrected chi connectivity index (χ1v) is 11.8. The number of fused-ring (bicyclic) bond motifs is 1. The number of carbonyl (C=O) groups is 4. The summed E-state index contributed by atoms with van der Waals surface area (Å²) in [5.74, 6) is -1.36. The SMILES string of the molecule is COc1cc(/C=N/NC(=O)Cn2c(=O)sc3ccccc32)ccc1OC(=O)CC1SC(=O)NC1=O. The Balaban J connectivity index is 1.35. The standard InChI is InChI=1S/C22H18N4O7S2/c1-32-15-8-12(6-7-14(15)33-19(28)9-17-20(29)24-21(30)34-17)10-23-25-18(27)11-26-13-4-2-3-5-16(13)35-22(26)31/h2-8,10,17H,9,11H2,1H3,(H,25,27)(H,24,29,30)/b23-10+. The second kappa shape index (κ2) is 10.5. The van der Waals surface area contributed by atoms with Crippen LogP contribution in [0.4, 0.5) is 4.79 Å². The topological polar surface area (TPSA) is 145 Å². The minimum Gasteiger partial charge on any atom is -0.493 e. The fourth-order valence-electron chi connectivity index (χ4n) is 3.21.